The fourth-order valence-electron chi connectivity index (χ4n) is 1.80. The number of carbonyl (C=O) groups excluding carboxylic acids is 1. The van der Waals surface area contributed by atoms with Crippen LogP contribution in [0.2, 0.25) is 0 Å². The first-order chi connectivity index (χ1) is 9.20. The normalized spacial score (nSPS) is 12.1. The zero-order chi connectivity index (χ0) is 13.7. The maximum Gasteiger partial charge on any atom is 0.327 e. The van der Waals surface area contributed by atoms with Gasteiger partial charge in [0.1, 0.15) is 6.04 Å². The fraction of sp³-hybridized carbons (Fsp3) is 0.286. The third kappa shape index (κ3) is 3.42. The second-order valence-electron chi connectivity index (χ2n) is 4.18. The highest BCUT2D eigenvalue weighted by atomic mass is 16.5. The first-order valence-corrected chi connectivity index (χ1v) is 5.99. The van der Waals surface area contributed by atoms with Gasteiger partial charge in [0.2, 0.25) is 0 Å². The minimum Gasteiger partial charge on any atom is -0.468 e. The van der Waals surface area contributed by atoms with Crippen molar-refractivity contribution in [2.24, 2.45) is 0 Å². The molecule has 100 valence electrons. The third-order valence-corrected chi connectivity index (χ3v) is 2.73. The second-order valence-corrected chi connectivity index (χ2v) is 4.18. The number of esters is 1. The Bertz CT molecular complexity index is 537. The van der Waals surface area contributed by atoms with E-state index >= 15 is 0 Å². The van der Waals surface area contributed by atoms with E-state index in [-0.39, 0.29) is 5.97 Å². The molecule has 2 rings (SSSR count). The van der Waals surface area contributed by atoms with E-state index < -0.39 is 6.04 Å². The highest BCUT2D eigenvalue weighted by Gasteiger charge is 2.21. The summed E-state index contributed by atoms with van der Waals surface area (Å²) in [7, 11) is 1.37. The van der Waals surface area contributed by atoms with Crippen molar-refractivity contribution in [1.29, 1.82) is 0 Å². The van der Waals surface area contributed by atoms with Gasteiger partial charge in [0.05, 0.1) is 19.3 Å². The molecule has 0 aliphatic rings. The summed E-state index contributed by atoms with van der Waals surface area (Å²) in [5.41, 5.74) is 1.66. The molecule has 19 heavy (non-hydrogen) atoms. The van der Waals surface area contributed by atoms with E-state index in [4.69, 9.17) is 9.26 Å². The summed E-state index contributed by atoms with van der Waals surface area (Å²) in [6, 6.07) is 10.7. The topological polar surface area (TPSA) is 64.4 Å². The maximum atomic E-state index is 11.8. The molecule has 1 atom stereocenters. The number of hydrogen-bond acceptors (Lipinski definition) is 5. The zero-order valence-corrected chi connectivity index (χ0v) is 10.9. The van der Waals surface area contributed by atoms with Crippen molar-refractivity contribution in [2.75, 3.05) is 7.11 Å². The molecule has 2 aromatic rings. The van der Waals surface area contributed by atoms with Crippen molar-refractivity contribution in [1.82, 2.24) is 10.5 Å². The van der Waals surface area contributed by atoms with E-state index in [0.717, 1.165) is 11.3 Å². The molecular weight excluding hydrogens is 244 g/mol. The number of aromatic nitrogens is 1. The minimum absolute atomic E-state index is 0.331. The first-order valence-electron chi connectivity index (χ1n) is 5.99. The van der Waals surface area contributed by atoms with E-state index in [0.29, 0.717) is 12.3 Å². The lowest BCUT2D eigenvalue weighted by molar-refractivity contribution is -0.143. The van der Waals surface area contributed by atoms with Gasteiger partial charge >= 0.3 is 5.97 Å². The van der Waals surface area contributed by atoms with Crippen LogP contribution in [0.5, 0.6) is 0 Å². The van der Waals surface area contributed by atoms with Crippen LogP contribution < -0.4 is 5.32 Å². The Hall–Kier alpha value is -2.14. The molecule has 1 aromatic heterocycles. The molecule has 0 saturated carbocycles. The molecular formula is C14H16N2O3. The molecule has 0 amide bonds. The van der Waals surface area contributed by atoms with Crippen LogP contribution in [0, 0.1) is 6.92 Å². The van der Waals surface area contributed by atoms with Crippen LogP contribution in [-0.2, 0) is 16.1 Å². The summed E-state index contributed by atoms with van der Waals surface area (Å²) in [6.45, 7) is 2.26. The van der Waals surface area contributed by atoms with E-state index in [1.165, 1.54) is 7.11 Å². The minimum atomic E-state index is -0.517. The average Bonchev–Trinajstić information content (AvgIpc) is 2.85. The summed E-state index contributed by atoms with van der Waals surface area (Å²) >= 11 is 0. The van der Waals surface area contributed by atoms with Gasteiger partial charge in [0, 0.05) is 6.07 Å². The van der Waals surface area contributed by atoms with E-state index in [1.807, 2.05) is 43.3 Å². The van der Waals surface area contributed by atoms with Gasteiger partial charge in [-0.25, -0.2) is 4.79 Å². The van der Waals surface area contributed by atoms with Crippen molar-refractivity contribution < 1.29 is 14.1 Å². The summed E-state index contributed by atoms with van der Waals surface area (Å²) < 4.78 is 9.91. The Labute approximate surface area is 111 Å². The predicted molar refractivity (Wildman–Crippen MR) is 69.3 cm³/mol. The first kappa shape index (κ1) is 13.3. The quantitative estimate of drug-likeness (QED) is 0.833. The van der Waals surface area contributed by atoms with Crippen molar-refractivity contribution in [3.63, 3.8) is 0 Å². The van der Waals surface area contributed by atoms with Gasteiger partial charge in [-0.1, -0.05) is 35.5 Å². The third-order valence-electron chi connectivity index (χ3n) is 2.73. The van der Waals surface area contributed by atoms with Gasteiger partial charge < -0.3 is 9.26 Å². The van der Waals surface area contributed by atoms with Crippen LogP contribution in [0.1, 0.15) is 23.1 Å². The van der Waals surface area contributed by atoms with Gasteiger partial charge in [-0.2, -0.15) is 0 Å². The number of methoxy groups -OCH3 is 1. The van der Waals surface area contributed by atoms with Gasteiger partial charge in [-0.05, 0) is 12.5 Å². The molecule has 1 N–H and O–H groups in total. The standard InChI is InChI=1S/C14H16N2O3/c1-10-8-12(19-16-10)9-15-13(14(17)18-2)11-6-4-3-5-7-11/h3-8,13,15H,9H2,1-2H3. The Morgan fingerprint density at radius 3 is 2.74 bits per heavy atom. The highest BCUT2D eigenvalue weighted by Crippen LogP contribution is 2.15. The van der Waals surface area contributed by atoms with Crippen LogP contribution in [-0.4, -0.2) is 18.2 Å². The van der Waals surface area contributed by atoms with Crippen LogP contribution in [0.25, 0.3) is 0 Å². The van der Waals surface area contributed by atoms with Gasteiger partial charge in [-0.15, -0.1) is 0 Å². The lowest BCUT2D eigenvalue weighted by Crippen LogP contribution is -2.29. The summed E-state index contributed by atoms with van der Waals surface area (Å²) in [4.78, 5) is 11.8. The lowest BCUT2D eigenvalue weighted by Gasteiger charge is -2.15. The Balaban J connectivity index is 2.09. The summed E-state index contributed by atoms with van der Waals surface area (Å²) in [6.07, 6.45) is 0. The number of rotatable bonds is 5. The van der Waals surface area contributed by atoms with Gasteiger partial charge in [-0.3, -0.25) is 5.32 Å². The molecule has 1 unspecified atom stereocenters. The number of nitrogens with one attached hydrogen (secondary N) is 1. The Morgan fingerprint density at radius 1 is 1.42 bits per heavy atom. The largest absolute Gasteiger partial charge is 0.468 e. The number of aryl methyl sites for hydroxylation is 1. The molecule has 1 heterocycles. The van der Waals surface area contributed by atoms with Crippen molar-refractivity contribution in [2.45, 2.75) is 19.5 Å². The van der Waals surface area contributed by atoms with Crippen LogP contribution in [0.3, 0.4) is 0 Å². The Morgan fingerprint density at radius 2 is 2.16 bits per heavy atom. The van der Waals surface area contributed by atoms with Crippen molar-refractivity contribution in [3.8, 4) is 0 Å². The zero-order valence-electron chi connectivity index (χ0n) is 10.9. The van der Waals surface area contributed by atoms with Gasteiger partial charge in [0.15, 0.2) is 5.76 Å². The smallest absolute Gasteiger partial charge is 0.327 e. The monoisotopic (exact) mass is 260 g/mol. The van der Waals surface area contributed by atoms with E-state index in [2.05, 4.69) is 10.5 Å². The predicted octanol–water partition coefficient (Wildman–Crippen LogP) is 1.99. The molecule has 0 saturated heterocycles. The maximum absolute atomic E-state index is 11.8. The second kappa shape index (κ2) is 6.15. The lowest BCUT2D eigenvalue weighted by atomic mass is 10.1. The molecule has 0 fully saturated rings. The van der Waals surface area contributed by atoms with Crippen LogP contribution in [0.4, 0.5) is 0 Å². The number of nitrogens with zero attached hydrogens (tertiary/aromatic N) is 1. The molecule has 0 radical (unpaired) electrons. The molecule has 0 aliphatic carbocycles. The number of ether oxygens (including phenoxy) is 1. The molecule has 0 aliphatic heterocycles. The van der Waals surface area contributed by atoms with Crippen molar-refractivity contribution >= 4 is 5.97 Å². The van der Waals surface area contributed by atoms with Crippen LogP contribution >= 0.6 is 0 Å². The molecule has 5 heteroatoms. The molecule has 0 bridgehead atoms. The Kier molecular flexibility index (Phi) is 4.30. The highest BCUT2D eigenvalue weighted by molar-refractivity contribution is 5.77. The van der Waals surface area contributed by atoms with E-state index in [9.17, 15) is 4.79 Å². The summed E-state index contributed by atoms with van der Waals surface area (Å²) in [5.74, 6) is 0.352. The van der Waals surface area contributed by atoms with Gasteiger partial charge in [0.25, 0.3) is 0 Å². The molecule has 5 nitrogen and oxygen atoms in total. The summed E-state index contributed by atoms with van der Waals surface area (Å²) in [5, 5.41) is 6.91. The SMILES string of the molecule is COC(=O)C(NCc1cc(C)no1)c1ccccc1. The van der Waals surface area contributed by atoms with Crippen LogP contribution in [0.15, 0.2) is 40.9 Å². The average molecular weight is 260 g/mol. The number of carbonyl (C=O) groups is 1. The van der Waals surface area contributed by atoms with Crippen molar-refractivity contribution in [3.05, 3.63) is 53.4 Å². The van der Waals surface area contributed by atoms with E-state index in [1.54, 1.807) is 0 Å². The molecule has 0 spiro atoms. The fourth-order valence-corrected chi connectivity index (χ4v) is 1.80. The number of hydrogen-bond donors (Lipinski definition) is 1. The molecule has 1 aromatic carbocycles. The number of benzene rings is 1.